The Balaban J connectivity index is 2.54. The minimum absolute atomic E-state index is 0.124. The predicted octanol–water partition coefficient (Wildman–Crippen LogP) is 1.30. The van der Waals surface area contributed by atoms with Crippen LogP contribution in [0.5, 0.6) is 0 Å². The van der Waals surface area contributed by atoms with Gasteiger partial charge in [0.2, 0.25) is 0 Å². The molecule has 2 atom stereocenters. The van der Waals surface area contributed by atoms with E-state index in [1.807, 2.05) is 16.7 Å². The molecule has 1 N–H and O–H groups in total. The largest absolute Gasteiger partial charge is 0.480 e. The summed E-state index contributed by atoms with van der Waals surface area (Å²) in [6.45, 7) is 3.62. The predicted molar refractivity (Wildman–Crippen MR) is 66.0 cm³/mol. The fourth-order valence-electron chi connectivity index (χ4n) is 2.13. The molecular weight excluding hydrogens is 226 g/mol. The number of methoxy groups -OCH3 is 1. The van der Waals surface area contributed by atoms with Gasteiger partial charge in [0.05, 0.1) is 13.2 Å². The van der Waals surface area contributed by atoms with Crippen molar-refractivity contribution in [1.29, 1.82) is 0 Å². The Morgan fingerprint density at radius 3 is 2.94 bits per heavy atom. The Bertz CT molecular complexity index is 225. The molecule has 94 valence electrons. The van der Waals surface area contributed by atoms with Crippen LogP contribution in [0.15, 0.2) is 0 Å². The maximum Gasteiger partial charge on any atom is 0.317 e. The lowest BCUT2D eigenvalue weighted by Crippen LogP contribution is -2.47. The Kier molecular flexibility index (Phi) is 6.16. The van der Waals surface area contributed by atoms with Gasteiger partial charge in [0.25, 0.3) is 0 Å². The highest BCUT2D eigenvalue weighted by atomic mass is 32.2. The van der Waals surface area contributed by atoms with Crippen LogP contribution >= 0.6 is 11.8 Å². The first-order chi connectivity index (χ1) is 7.65. The van der Waals surface area contributed by atoms with Gasteiger partial charge < -0.3 is 9.84 Å². The first kappa shape index (κ1) is 13.8. The number of ether oxygens (including phenoxy) is 1. The zero-order valence-electron chi connectivity index (χ0n) is 10.0. The van der Waals surface area contributed by atoms with E-state index in [0.717, 1.165) is 6.42 Å². The average molecular weight is 247 g/mol. The van der Waals surface area contributed by atoms with Crippen LogP contribution in [0.2, 0.25) is 0 Å². The van der Waals surface area contributed by atoms with E-state index >= 15 is 0 Å². The van der Waals surface area contributed by atoms with Crippen molar-refractivity contribution < 1.29 is 14.6 Å². The van der Waals surface area contributed by atoms with Crippen LogP contribution in [-0.4, -0.2) is 59.8 Å². The van der Waals surface area contributed by atoms with Gasteiger partial charge in [-0.15, -0.1) is 0 Å². The maximum absolute atomic E-state index is 10.8. The van der Waals surface area contributed by atoms with E-state index in [0.29, 0.717) is 24.4 Å². The van der Waals surface area contributed by atoms with Crippen LogP contribution < -0.4 is 0 Å². The SMILES string of the molecule is COCCN(CC(=O)O)C1CCCSC1C. The van der Waals surface area contributed by atoms with E-state index < -0.39 is 5.97 Å². The zero-order valence-corrected chi connectivity index (χ0v) is 10.8. The molecule has 0 aliphatic carbocycles. The summed E-state index contributed by atoms with van der Waals surface area (Å²) in [5.74, 6) is 0.446. The van der Waals surface area contributed by atoms with Crippen LogP contribution in [0.1, 0.15) is 19.8 Å². The van der Waals surface area contributed by atoms with Gasteiger partial charge in [-0.25, -0.2) is 0 Å². The second kappa shape index (κ2) is 7.14. The Morgan fingerprint density at radius 2 is 2.38 bits per heavy atom. The molecule has 0 amide bonds. The number of hydrogen-bond acceptors (Lipinski definition) is 4. The maximum atomic E-state index is 10.8. The molecule has 5 heteroatoms. The van der Waals surface area contributed by atoms with E-state index in [2.05, 4.69) is 6.92 Å². The quantitative estimate of drug-likeness (QED) is 0.767. The summed E-state index contributed by atoms with van der Waals surface area (Å²) < 4.78 is 5.04. The number of thioether (sulfide) groups is 1. The number of carboxylic acids is 1. The number of carbonyl (C=O) groups is 1. The molecule has 1 rings (SSSR count). The minimum Gasteiger partial charge on any atom is -0.480 e. The molecule has 0 aromatic rings. The van der Waals surface area contributed by atoms with E-state index in [4.69, 9.17) is 9.84 Å². The first-order valence-corrected chi connectivity index (χ1v) is 6.76. The second-order valence-corrected chi connectivity index (χ2v) is 5.63. The number of nitrogens with zero attached hydrogens (tertiary/aromatic N) is 1. The summed E-state index contributed by atoms with van der Waals surface area (Å²) in [5.41, 5.74) is 0. The number of carboxylic acid groups (broad SMARTS) is 1. The van der Waals surface area contributed by atoms with E-state index in [1.54, 1.807) is 7.11 Å². The van der Waals surface area contributed by atoms with E-state index in [-0.39, 0.29) is 6.54 Å². The summed E-state index contributed by atoms with van der Waals surface area (Å²) in [5, 5.41) is 9.43. The van der Waals surface area contributed by atoms with Crippen LogP contribution in [0.3, 0.4) is 0 Å². The van der Waals surface area contributed by atoms with Gasteiger partial charge in [0, 0.05) is 24.9 Å². The fourth-order valence-corrected chi connectivity index (χ4v) is 3.37. The molecule has 4 nitrogen and oxygen atoms in total. The molecule has 1 fully saturated rings. The highest BCUT2D eigenvalue weighted by Gasteiger charge is 2.28. The Morgan fingerprint density at radius 1 is 1.62 bits per heavy atom. The molecule has 0 radical (unpaired) electrons. The van der Waals surface area contributed by atoms with Gasteiger partial charge in [-0.2, -0.15) is 11.8 Å². The Hall–Kier alpha value is -0.260. The summed E-state index contributed by atoms with van der Waals surface area (Å²) in [7, 11) is 1.65. The molecule has 2 unspecified atom stereocenters. The molecule has 0 aromatic carbocycles. The third-order valence-electron chi connectivity index (χ3n) is 2.96. The monoisotopic (exact) mass is 247 g/mol. The van der Waals surface area contributed by atoms with Gasteiger partial charge in [-0.05, 0) is 18.6 Å². The van der Waals surface area contributed by atoms with Crippen molar-refractivity contribution in [2.24, 2.45) is 0 Å². The molecule has 16 heavy (non-hydrogen) atoms. The summed E-state index contributed by atoms with van der Waals surface area (Å²) in [6, 6.07) is 0.380. The lowest BCUT2D eigenvalue weighted by atomic mass is 10.1. The van der Waals surface area contributed by atoms with Crippen molar-refractivity contribution in [2.45, 2.75) is 31.1 Å². The molecule has 0 aromatic heterocycles. The first-order valence-electron chi connectivity index (χ1n) is 5.71. The molecule has 0 bridgehead atoms. The summed E-state index contributed by atoms with van der Waals surface area (Å²) in [6.07, 6.45) is 2.29. The summed E-state index contributed by atoms with van der Waals surface area (Å²) >= 11 is 1.94. The molecule has 0 spiro atoms. The van der Waals surface area contributed by atoms with Crippen molar-refractivity contribution >= 4 is 17.7 Å². The lowest BCUT2D eigenvalue weighted by molar-refractivity contribution is -0.139. The minimum atomic E-state index is -0.751. The smallest absolute Gasteiger partial charge is 0.317 e. The van der Waals surface area contributed by atoms with E-state index in [1.165, 1.54) is 12.2 Å². The van der Waals surface area contributed by atoms with Crippen LogP contribution in [0, 0.1) is 0 Å². The number of rotatable bonds is 6. The Labute approximate surface area is 101 Å². The van der Waals surface area contributed by atoms with Crippen LogP contribution in [0.25, 0.3) is 0 Å². The third kappa shape index (κ3) is 4.31. The standard InChI is InChI=1S/C11H21NO3S/c1-9-10(4-3-7-16-9)12(5-6-15-2)8-11(13)14/h9-10H,3-8H2,1-2H3,(H,13,14). The molecule has 0 saturated carbocycles. The number of aliphatic carboxylic acids is 1. The summed E-state index contributed by atoms with van der Waals surface area (Å²) in [4.78, 5) is 12.9. The van der Waals surface area contributed by atoms with Crippen molar-refractivity contribution in [2.75, 3.05) is 32.6 Å². The number of hydrogen-bond donors (Lipinski definition) is 1. The van der Waals surface area contributed by atoms with Crippen molar-refractivity contribution in [3.8, 4) is 0 Å². The second-order valence-electron chi connectivity index (χ2n) is 4.14. The highest BCUT2D eigenvalue weighted by molar-refractivity contribution is 7.99. The molecular formula is C11H21NO3S. The van der Waals surface area contributed by atoms with Gasteiger partial charge >= 0.3 is 5.97 Å². The van der Waals surface area contributed by atoms with Crippen LogP contribution in [-0.2, 0) is 9.53 Å². The molecule has 1 aliphatic rings. The van der Waals surface area contributed by atoms with E-state index in [9.17, 15) is 4.79 Å². The van der Waals surface area contributed by atoms with Gasteiger partial charge in [-0.3, -0.25) is 9.69 Å². The van der Waals surface area contributed by atoms with Gasteiger partial charge in [0.15, 0.2) is 0 Å². The van der Waals surface area contributed by atoms with Crippen molar-refractivity contribution in [1.82, 2.24) is 4.90 Å². The lowest BCUT2D eigenvalue weighted by Gasteiger charge is -2.37. The van der Waals surface area contributed by atoms with Crippen LogP contribution in [0.4, 0.5) is 0 Å². The zero-order chi connectivity index (χ0) is 12.0. The van der Waals surface area contributed by atoms with Crippen molar-refractivity contribution in [3.05, 3.63) is 0 Å². The van der Waals surface area contributed by atoms with Crippen molar-refractivity contribution in [3.63, 3.8) is 0 Å². The van der Waals surface area contributed by atoms with Gasteiger partial charge in [0.1, 0.15) is 0 Å². The molecule has 1 aliphatic heterocycles. The van der Waals surface area contributed by atoms with Gasteiger partial charge in [-0.1, -0.05) is 6.92 Å². The normalized spacial score (nSPS) is 25.9. The molecule has 1 heterocycles. The molecule has 1 saturated heterocycles. The highest BCUT2D eigenvalue weighted by Crippen LogP contribution is 2.28. The average Bonchev–Trinajstić information content (AvgIpc) is 2.24. The topological polar surface area (TPSA) is 49.8 Å². The fraction of sp³-hybridized carbons (Fsp3) is 0.909. The third-order valence-corrected chi connectivity index (χ3v) is 4.32.